The molecule has 8 nitrogen and oxygen atoms in total. The largest absolute Gasteiger partial charge is 0.444 e. The van der Waals surface area contributed by atoms with Crippen molar-refractivity contribution in [3.63, 3.8) is 0 Å². The van der Waals surface area contributed by atoms with Crippen molar-refractivity contribution in [2.75, 3.05) is 37.7 Å². The Hall–Kier alpha value is -2.35. The van der Waals surface area contributed by atoms with Crippen LogP contribution in [0.2, 0.25) is 0 Å². The van der Waals surface area contributed by atoms with E-state index in [4.69, 9.17) is 19.6 Å². The molecule has 0 aromatic carbocycles. The number of aromatic nitrogens is 3. The standard InChI is InChI=1S/C24H35N5O3/c1-24(2,3)32-23(30)28-11-7-6-10-20(28)19-16-21-25-18-9-5-4-8-17(18)22(29(21)26-19)27-12-14-31-15-13-27/h16,20H,4-15H2,1-3H3. The number of anilines is 1. The Bertz CT molecular complexity index is 990. The maximum absolute atomic E-state index is 13.0. The van der Waals surface area contributed by atoms with Crippen molar-refractivity contribution in [1.29, 1.82) is 0 Å². The number of piperidine rings is 1. The van der Waals surface area contributed by atoms with E-state index < -0.39 is 5.60 Å². The van der Waals surface area contributed by atoms with Crippen molar-refractivity contribution in [3.8, 4) is 0 Å². The number of ether oxygens (including phenoxy) is 2. The van der Waals surface area contributed by atoms with Gasteiger partial charge in [0.25, 0.3) is 0 Å². The SMILES string of the molecule is CC(C)(C)OC(=O)N1CCCCC1c1cc2nc3c(c(N4CCOCC4)n2n1)CCCC3. The number of carbonyl (C=O) groups is 1. The number of fused-ring (bicyclic) bond motifs is 2. The second-order valence-electron chi connectivity index (χ2n) is 10.2. The molecule has 2 aromatic rings. The first-order valence-corrected chi connectivity index (χ1v) is 12.1. The minimum atomic E-state index is -0.512. The minimum absolute atomic E-state index is 0.0742. The fourth-order valence-electron chi connectivity index (χ4n) is 5.19. The molecule has 0 bridgehead atoms. The summed E-state index contributed by atoms with van der Waals surface area (Å²) in [5.74, 6) is 1.18. The number of nitrogens with zero attached hydrogens (tertiary/aromatic N) is 5. The topological polar surface area (TPSA) is 72.2 Å². The summed E-state index contributed by atoms with van der Waals surface area (Å²) >= 11 is 0. The quantitative estimate of drug-likeness (QED) is 0.704. The zero-order valence-electron chi connectivity index (χ0n) is 19.6. The van der Waals surface area contributed by atoms with Crippen molar-refractivity contribution in [3.05, 3.63) is 23.0 Å². The number of hydrogen-bond donors (Lipinski definition) is 0. The predicted molar refractivity (Wildman–Crippen MR) is 122 cm³/mol. The molecule has 0 N–H and O–H groups in total. The van der Waals surface area contributed by atoms with Crippen molar-refractivity contribution in [2.45, 2.75) is 77.4 Å². The maximum Gasteiger partial charge on any atom is 0.410 e. The second kappa shape index (κ2) is 8.54. The summed E-state index contributed by atoms with van der Waals surface area (Å²) in [5.41, 5.74) is 3.84. The number of morpholine rings is 1. The first-order valence-electron chi connectivity index (χ1n) is 12.1. The third-order valence-electron chi connectivity index (χ3n) is 6.65. The molecule has 8 heteroatoms. The van der Waals surface area contributed by atoms with Gasteiger partial charge in [0.1, 0.15) is 11.4 Å². The van der Waals surface area contributed by atoms with E-state index in [0.29, 0.717) is 6.54 Å². The predicted octanol–water partition coefficient (Wildman–Crippen LogP) is 3.91. The summed E-state index contributed by atoms with van der Waals surface area (Å²) in [7, 11) is 0. The molecule has 1 aliphatic carbocycles. The Morgan fingerprint density at radius 1 is 1.09 bits per heavy atom. The van der Waals surface area contributed by atoms with Gasteiger partial charge in [-0.15, -0.1) is 0 Å². The van der Waals surface area contributed by atoms with Crippen molar-refractivity contribution in [2.24, 2.45) is 0 Å². The van der Waals surface area contributed by atoms with Crippen molar-refractivity contribution < 1.29 is 14.3 Å². The Balaban J connectivity index is 1.55. The lowest BCUT2D eigenvalue weighted by atomic mass is 9.96. The molecular formula is C24H35N5O3. The molecule has 4 heterocycles. The summed E-state index contributed by atoms with van der Waals surface area (Å²) in [5, 5.41) is 5.07. The lowest BCUT2D eigenvalue weighted by Crippen LogP contribution is -2.42. The Morgan fingerprint density at radius 3 is 2.66 bits per heavy atom. The summed E-state index contributed by atoms with van der Waals surface area (Å²) < 4.78 is 13.4. The van der Waals surface area contributed by atoms with E-state index in [-0.39, 0.29) is 12.1 Å². The van der Waals surface area contributed by atoms with Crippen LogP contribution in [-0.2, 0) is 22.3 Å². The van der Waals surface area contributed by atoms with Crippen LogP contribution in [0.5, 0.6) is 0 Å². The zero-order valence-corrected chi connectivity index (χ0v) is 19.6. The molecule has 5 rings (SSSR count). The van der Waals surface area contributed by atoms with E-state index in [1.807, 2.05) is 30.2 Å². The molecule has 1 amide bonds. The molecule has 2 aliphatic heterocycles. The average Bonchev–Trinajstić information content (AvgIpc) is 3.20. The molecule has 32 heavy (non-hydrogen) atoms. The molecule has 0 radical (unpaired) electrons. The van der Waals surface area contributed by atoms with Gasteiger partial charge in [0, 0.05) is 37.0 Å². The number of carbonyl (C=O) groups excluding carboxylic acids is 1. The highest BCUT2D eigenvalue weighted by atomic mass is 16.6. The highest BCUT2D eigenvalue weighted by molar-refractivity contribution is 5.69. The lowest BCUT2D eigenvalue weighted by Gasteiger charge is -2.35. The van der Waals surface area contributed by atoms with Gasteiger partial charge in [-0.25, -0.2) is 9.78 Å². The normalized spacial score (nSPS) is 22.2. The first kappa shape index (κ1) is 21.5. The third-order valence-corrected chi connectivity index (χ3v) is 6.65. The Kier molecular flexibility index (Phi) is 5.73. The van der Waals surface area contributed by atoms with Gasteiger partial charge in [0.05, 0.1) is 24.9 Å². The number of aryl methyl sites for hydroxylation is 1. The van der Waals surface area contributed by atoms with E-state index in [0.717, 1.165) is 69.7 Å². The molecule has 0 saturated carbocycles. The van der Waals surface area contributed by atoms with E-state index in [1.54, 1.807) is 0 Å². The van der Waals surface area contributed by atoms with Crippen LogP contribution >= 0.6 is 0 Å². The van der Waals surface area contributed by atoms with Gasteiger partial charge < -0.3 is 14.4 Å². The van der Waals surface area contributed by atoms with Crippen molar-refractivity contribution >= 4 is 17.6 Å². The molecule has 3 aliphatic rings. The number of rotatable bonds is 2. The highest BCUT2D eigenvalue weighted by Crippen LogP contribution is 2.35. The highest BCUT2D eigenvalue weighted by Gasteiger charge is 2.34. The monoisotopic (exact) mass is 441 g/mol. The molecule has 1 unspecified atom stereocenters. The van der Waals surface area contributed by atoms with Gasteiger partial charge in [-0.05, 0) is 65.7 Å². The summed E-state index contributed by atoms with van der Waals surface area (Å²) in [4.78, 5) is 22.3. The van der Waals surface area contributed by atoms with E-state index in [2.05, 4.69) is 11.0 Å². The maximum atomic E-state index is 13.0. The second-order valence-corrected chi connectivity index (χ2v) is 10.2. The van der Waals surface area contributed by atoms with Crippen LogP contribution in [0, 0.1) is 0 Å². The molecule has 2 saturated heterocycles. The number of amides is 1. The van der Waals surface area contributed by atoms with Crippen LogP contribution in [0.3, 0.4) is 0 Å². The van der Waals surface area contributed by atoms with Gasteiger partial charge in [0.2, 0.25) is 0 Å². The van der Waals surface area contributed by atoms with Gasteiger partial charge in [0.15, 0.2) is 5.65 Å². The summed E-state index contributed by atoms with van der Waals surface area (Å²) in [6, 6.07) is 2.02. The van der Waals surface area contributed by atoms with Gasteiger partial charge in [-0.1, -0.05) is 0 Å². The Labute approximate surface area is 189 Å². The van der Waals surface area contributed by atoms with Crippen LogP contribution in [-0.4, -0.2) is 64.0 Å². The van der Waals surface area contributed by atoms with Gasteiger partial charge in [-0.2, -0.15) is 9.61 Å². The van der Waals surface area contributed by atoms with E-state index >= 15 is 0 Å². The number of likely N-dealkylation sites (tertiary alicyclic amines) is 1. The van der Waals surface area contributed by atoms with Gasteiger partial charge >= 0.3 is 6.09 Å². The molecule has 0 spiro atoms. The average molecular weight is 442 g/mol. The number of hydrogen-bond acceptors (Lipinski definition) is 6. The molecule has 2 aromatic heterocycles. The summed E-state index contributed by atoms with van der Waals surface area (Å²) in [6.07, 6.45) is 7.18. The van der Waals surface area contributed by atoms with Crippen LogP contribution in [0.1, 0.15) is 75.9 Å². The summed E-state index contributed by atoms with van der Waals surface area (Å²) in [6.45, 7) is 9.66. The van der Waals surface area contributed by atoms with Crippen molar-refractivity contribution in [1.82, 2.24) is 19.5 Å². The van der Waals surface area contributed by atoms with Crippen LogP contribution in [0.15, 0.2) is 6.07 Å². The Morgan fingerprint density at radius 2 is 1.88 bits per heavy atom. The van der Waals surface area contributed by atoms with E-state index in [9.17, 15) is 4.79 Å². The lowest BCUT2D eigenvalue weighted by molar-refractivity contribution is 0.00897. The molecule has 1 atom stereocenters. The molecule has 174 valence electrons. The van der Waals surface area contributed by atoms with Crippen LogP contribution in [0.25, 0.3) is 5.65 Å². The third kappa shape index (κ3) is 4.17. The van der Waals surface area contributed by atoms with Gasteiger partial charge in [-0.3, -0.25) is 4.90 Å². The molecule has 2 fully saturated rings. The van der Waals surface area contributed by atoms with Crippen LogP contribution < -0.4 is 4.90 Å². The van der Waals surface area contributed by atoms with Crippen LogP contribution in [0.4, 0.5) is 10.6 Å². The fourth-order valence-corrected chi connectivity index (χ4v) is 5.19. The minimum Gasteiger partial charge on any atom is -0.444 e. The first-order chi connectivity index (χ1) is 15.4. The smallest absolute Gasteiger partial charge is 0.410 e. The van der Waals surface area contributed by atoms with E-state index in [1.165, 1.54) is 29.9 Å². The molecular weight excluding hydrogens is 406 g/mol. The zero-order chi connectivity index (χ0) is 22.3. The fraction of sp³-hybridized carbons (Fsp3) is 0.708.